The fraction of sp³-hybridized carbons (Fsp3) is 0.818. The quantitative estimate of drug-likeness (QED) is 0.475. The summed E-state index contributed by atoms with van der Waals surface area (Å²) in [6.45, 7) is 9.35. The van der Waals surface area contributed by atoms with E-state index in [0.29, 0.717) is 0 Å². The summed E-state index contributed by atoms with van der Waals surface area (Å²) in [5, 5.41) is 3.41. The van der Waals surface area contributed by atoms with Gasteiger partial charge in [-0.3, -0.25) is 0 Å². The summed E-state index contributed by atoms with van der Waals surface area (Å²) in [4.78, 5) is 2.45. The molecule has 0 aromatic rings. The van der Waals surface area contributed by atoms with Gasteiger partial charge in [-0.2, -0.15) is 0 Å². The van der Waals surface area contributed by atoms with E-state index >= 15 is 0 Å². The van der Waals surface area contributed by atoms with Gasteiger partial charge in [0.05, 0.1) is 0 Å². The molecule has 1 rings (SSSR count). The standard InChI is InChI=1S/C11H22N2/c1-4-10(2)9-12-7-8-13(3)11-5-6-11/h11-12H,2,4-9H2,1,3H3. The maximum absolute atomic E-state index is 3.96. The number of rotatable bonds is 7. The lowest BCUT2D eigenvalue weighted by Crippen LogP contribution is -2.31. The first-order valence-corrected chi connectivity index (χ1v) is 5.31. The van der Waals surface area contributed by atoms with Gasteiger partial charge in [0.1, 0.15) is 0 Å². The molecule has 0 heterocycles. The first kappa shape index (κ1) is 10.7. The zero-order valence-corrected chi connectivity index (χ0v) is 8.97. The van der Waals surface area contributed by atoms with Gasteiger partial charge in [0, 0.05) is 25.7 Å². The highest BCUT2D eigenvalue weighted by molar-refractivity contribution is 4.94. The zero-order chi connectivity index (χ0) is 9.68. The van der Waals surface area contributed by atoms with E-state index in [1.54, 1.807) is 0 Å². The van der Waals surface area contributed by atoms with Gasteiger partial charge in [0.2, 0.25) is 0 Å². The van der Waals surface area contributed by atoms with Crippen LogP contribution < -0.4 is 5.32 Å². The molecule has 1 aliphatic carbocycles. The molecule has 0 radical (unpaired) electrons. The Morgan fingerprint density at radius 2 is 2.23 bits per heavy atom. The minimum absolute atomic E-state index is 0.885. The molecule has 0 aromatic carbocycles. The highest BCUT2D eigenvalue weighted by Gasteiger charge is 2.25. The highest BCUT2D eigenvalue weighted by atomic mass is 15.2. The minimum Gasteiger partial charge on any atom is -0.312 e. The van der Waals surface area contributed by atoms with Crippen LogP contribution >= 0.6 is 0 Å². The maximum atomic E-state index is 3.96. The number of likely N-dealkylation sites (N-methyl/N-ethyl adjacent to an activating group) is 1. The van der Waals surface area contributed by atoms with Crippen molar-refractivity contribution in [3.05, 3.63) is 12.2 Å². The van der Waals surface area contributed by atoms with Crippen LogP contribution in [0, 0.1) is 0 Å². The summed E-state index contributed by atoms with van der Waals surface area (Å²) in [5.41, 5.74) is 1.30. The van der Waals surface area contributed by atoms with Crippen molar-refractivity contribution in [3.8, 4) is 0 Å². The number of hydrogen-bond acceptors (Lipinski definition) is 2. The second-order valence-corrected chi connectivity index (χ2v) is 3.99. The molecule has 0 amide bonds. The Labute approximate surface area is 82.0 Å². The van der Waals surface area contributed by atoms with Gasteiger partial charge in [-0.15, -0.1) is 0 Å². The van der Waals surface area contributed by atoms with Crippen molar-refractivity contribution in [1.82, 2.24) is 10.2 Å². The lowest BCUT2D eigenvalue weighted by atomic mass is 10.2. The highest BCUT2D eigenvalue weighted by Crippen LogP contribution is 2.24. The molecule has 1 saturated carbocycles. The van der Waals surface area contributed by atoms with Crippen LogP contribution in [0.4, 0.5) is 0 Å². The van der Waals surface area contributed by atoms with E-state index in [1.165, 1.54) is 25.0 Å². The lowest BCUT2D eigenvalue weighted by Gasteiger charge is -2.15. The van der Waals surface area contributed by atoms with Crippen molar-refractivity contribution in [2.24, 2.45) is 0 Å². The Bertz CT molecular complexity index is 161. The van der Waals surface area contributed by atoms with Crippen LogP contribution in [0.5, 0.6) is 0 Å². The van der Waals surface area contributed by atoms with Crippen LogP contribution in [0.3, 0.4) is 0 Å². The topological polar surface area (TPSA) is 15.3 Å². The van der Waals surface area contributed by atoms with Crippen LogP contribution in [-0.2, 0) is 0 Å². The summed E-state index contributed by atoms with van der Waals surface area (Å²) in [7, 11) is 2.22. The SMILES string of the molecule is C=C(CC)CNCCN(C)C1CC1. The Kier molecular flexibility index (Phi) is 4.46. The molecule has 0 aliphatic heterocycles. The second kappa shape index (κ2) is 5.40. The van der Waals surface area contributed by atoms with Crippen LogP contribution in [0.1, 0.15) is 26.2 Å². The number of nitrogens with zero attached hydrogens (tertiary/aromatic N) is 1. The molecule has 0 spiro atoms. The van der Waals surface area contributed by atoms with Crippen LogP contribution in [0.15, 0.2) is 12.2 Å². The molecule has 0 bridgehead atoms. The molecule has 76 valence electrons. The summed E-state index contributed by atoms with van der Waals surface area (Å²) < 4.78 is 0. The smallest absolute Gasteiger partial charge is 0.0162 e. The lowest BCUT2D eigenvalue weighted by molar-refractivity contribution is 0.323. The Balaban J connectivity index is 1.91. The molecule has 2 heteroatoms. The Morgan fingerprint density at radius 3 is 2.77 bits per heavy atom. The van der Waals surface area contributed by atoms with Crippen LogP contribution in [-0.4, -0.2) is 37.6 Å². The normalized spacial score (nSPS) is 16.5. The van der Waals surface area contributed by atoms with Crippen LogP contribution in [0.25, 0.3) is 0 Å². The molecule has 0 atom stereocenters. The Hall–Kier alpha value is -0.340. The van der Waals surface area contributed by atoms with E-state index in [1.807, 2.05) is 0 Å². The molecule has 0 aromatic heterocycles. The second-order valence-electron chi connectivity index (χ2n) is 3.99. The fourth-order valence-corrected chi connectivity index (χ4v) is 1.34. The van der Waals surface area contributed by atoms with Crippen molar-refractivity contribution >= 4 is 0 Å². The average Bonchev–Trinajstić information content (AvgIpc) is 2.94. The third-order valence-electron chi connectivity index (χ3n) is 2.69. The Morgan fingerprint density at radius 1 is 1.54 bits per heavy atom. The van der Waals surface area contributed by atoms with Crippen molar-refractivity contribution in [2.75, 3.05) is 26.7 Å². The molecular weight excluding hydrogens is 160 g/mol. The molecule has 2 nitrogen and oxygen atoms in total. The number of nitrogens with one attached hydrogen (secondary N) is 1. The minimum atomic E-state index is 0.885. The molecule has 13 heavy (non-hydrogen) atoms. The predicted octanol–water partition coefficient (Wildman–Crippen LogP) is 1.64. The van der Waals surface area contributed by atoms with Crippen molar-refractivity contribution < 1.29 is 0 Å². The first-order valence-electron chi connectivity index (χ1n) is 5.31. The summed E-state index contributed by atoms with van der Waals surface area (Å²) in [5.74, 6) is 0. The summed E-state index contributed by atoms with van der Waals surface area (Å²) in [6, 6.07) is 0.885. The van der Waals surface area contributed by atoms with Gasteiger partial charge in [-0.25, -0.2) is 0 Å². The van der Waals surface area contributed by atoms with Gasteiger partial charge in [0.25, 0.3) is 0 Å². The van der Waals surface area contributed by atoms with Crippen molar-refractivity contribution in [3.63, 3.8) is 0 Å². The average molecular weight is 182 g/mol. The zero-order valence-electron chi connectivity index (χ0n) is 8.97. The van der Waals surface area contributed by atoms with E-state index < -0.39 is 0 Å². The van der Waals surface area contributed by atoms with Crippen molar-refractivity contribution in [2.45, 2.75) is 32.2 Å². The third kappa shape index (κ3) is 4.44. The van der Waals surface area contributed by atoms with E-state index in [0.717, 1.165) is 25.6 Å². The molecule has 1 fully saturated rings. The van der Waals surface area contributed by atoms with E-state index in [4.69, 9.17) is 0 Å². The largest absolute Gasteiger partial charge is 0.312 e. The molecule has 1 aliphatic rings. The third-order valence-corrected chi connectivity index (χ3v) is 2.69. The van der Waals surface area contributed by atoms with Gasteiger partial charge >= 0.3 is 0 Å². The maximum Gasteiger partial charge on any atom is 0.0162 e. The first-order chi connectivity index (χ1) is 6.24. The summed E-state index contributed by atoms with van der Waals surface area (Å²) >= 11 is 0. The van der Waals surface area contributed by atoms with Crippen LogP contribution in [0.2, 0.25) is 0 Å². The molecule has 0 saturated heterocycles. The fourth-order valence-electron chi connectivity index (χ4n) is 1.34. The van der Waals surface area contributed by atoms with E-state index in [9.17, 15) is 0 Å². The van der Waals surface area contributed by atoms with Gasteiger partial charge < -0.3 is 10.2 Å². The van der Waals surface area contributed by atoms with Gasteiger partial charge in [-0.05, 0) is 26.3 Å². The monoisotopic (exact) mass is 182 g/mol. The number of hydrogen-bond donors (Lipinski definition) is 1. The molecule has 0 unspecified atom stereocenters. The van der Waals surface area contributed by atoms with Gasteiger partial charge in [0.15, 0.2) is 0 Å². The molecular formula is C11H22N2. The summed E-state index contributed by atoms with van der Waals surface area (Å²) in [6.07, 6.45) is 3.89. The predicted molar refractivity (Wildman–Crippen MR) is 58.0 cm³/mol. The van der Waals surface area contributed by atoms with E-state index in [-0.39, 0.29) is 0 Å². The van der Waals surface area contributed by atoms with E-state index in [2.05, 4.69) is 30.8 Å². The molecule has 1 N–H and O–H groups in total. The van der Waals surface area contributed by atoms with Crippen molar-refractivity contribution in [1.29, 1.82) is 0 Å². The van der Waals surface area contributed by atoms with Gasteiger partial charge in [-0.1, -0.05) is 19.1 Å².